The second kappa shape index (κ2) is 6.75. The Balaban J connectivity index is 1.81. The lowest BCUT2D eigenvalue weighted by Gasteiger charge is -2.17. The number of hydrogen-bond acceptors (Lipinski definition) is 5. The van der Waals surface area contributed by atoms with E-state index in [0.29, 0.717) is 29.9 Å². The molecule has 0 aliphatic carbocycles. The first-order valence-electron chi connectivity index (χ1n) is 7.95. The van der Waals surface area contributed by atoms with Crippen LogP contribution in [0.2, 0.25) is 0 Å². The van der Waals surface area contributed by atoms with Crippen LogP contribution in [-0.2, 0) is 10.0 Å². The fourth-order valence-corrected chi connectivity index (χ4v) is 4.43. The summed E-state index contributed by atoms with van der Waals surface area (Å²) >= 11 is 0. The van der Waals surface area contributed by atoms with Gasteiger partial charge in [0.1, 0.15) is 0 Å². The van der Waals surface area contributed by atoms with Gasteiger partial charge in [0.05, 0.1) is 16.4 Å². The van der Waals surface area contributed by atoms with Crippen molar-refractivity contribution in [2.24, 2.45) is 0 Å². The van der Waals surface area contributed by atoms with Gasteiger partial charge in [0.2, 0.25) is 10.0 Å². The number of nitro benzene ring substituents is 1. The average molecular weight is 375 g/mol. The number of hydrogen-bond donors (Lipinski definition) is 1. The second-order valence-corrected chi connectivity index (χ2v) is 8.02. The highest BCUT2D eigenvalue weighted by Crippen LogP contribution is 2.27. The fraction of sp³-hybridized carbons (Fsp3) is 0.235. The molecule has 136 valence electrons. The van der Waals surface area contributed by atoms with Gasteiger partial charge in [0.15, 0.2) is 0 Å². The quantitative estimate of drug-likeness (QED) is 0.653. The van der Waals surface area contributed by atoms with Crippen molar-refractivity contribution in [2.45, 2.75) is 13.3 Å². The molecule has 9 heteroatoms. The topological polar surface area (TPSA) is 110 Å². The first-order valence-corrected chi connectivity index (χ1v) is 9.56. The number of nitro groups is 1. The van der Waals surface area contributed by atoms with E-state index >= 15 is 0 Å². The standard InChI is InChI=1S/C17H17N3O5S/c1-12-10-13(6-7-16(12)20(22)23)17(21)18-14-4-2-5-15(11-14)19-8-3-9-26(19,24)25/h2,4-7,10-11H,3,8-9H2,1H3,(H,18,21). The molecule has 0 unspecified atom stereocenters. The van der Waals surface area contributed by atoms with Gasteiger partial charge in [-0.05, 0) is 43.7 Å². The van der Waals surface area contributed by atoms with Crippen molar-refractivity contribution in [3.05, 3.63) is 63.7 Å². The van der Waals surface area contributed by atoms with E-state index in [4.69, 9.17) is 0 Å². The summed E-state index contributed by atoms with van der Waals surface area (Å²) in [7, 11) is -3.30. The van der Waals surface area contributed by atoms with Crippen LogP contribution in [0.5, 0.6) is 0 Å². The summed E-state index contributed by atoms with van der Waals surface area (Å²) in [6.45, 7) is 1.98. The Kier molecular flexibility index (Phi) is 4.64. The molecule has 1 N–H and O–H groups in total. The number of sulfonamides is 1. The minimum atomic E-state index is -3.30. The molecule has 0 radical (unpaired) electrons. The van der Waals surface area contributed by atoms with E-state index in [0.717, 1.165) is 0 Å². The number of nitrogens with one attached hydrogen (secondary N) is 1. The first-order chi connectivity index (χ1) is 12.3. The molecule has 1 aliphatic rings. The summed E-state index contributed by atoms with van der Waals surface area (Å²) in [5, 5.41) is 13.6. The third kappa shape index (κ3) is 3.52. The Bertz CT molecular complexity index is 988. The number of anilines is 2. The molecule has 1 fully saturated rings. The van der Waals surface area contributed by atoms with E-state index in [1.165, 1.54) is 22.5 Å². The SMILES string of the molecule is Cc1cc(C(=O)Nc2cccc(N3CCCS3(=O)=O)c2)ccc1[N+](=O)[O-]. The Labute approximate surface area is 150 Å². The Morgan fingerprint density at radius 1 is 1.23 bits per heavy atom. The van der Waals surface area contributed by atoms with Gasteiger partial charge in [0.25, 0.3) is 11.6 Å². The van der Waals surface area contributed by atoms with E-state index in [2.05, 4.69) is 5.32 Å². The van der Waals surface area contributed by atoms with E-state index in [1.54, 1.807) is 31.2 Å². The smallest absolute Gasteiger partial charge is 0.272 e. The number of nitrogens with zero attached hydrogens (tertiary/aromatic N) is 2. The predicted octanol–water partition coefficient (Wildman–Crippen LogP) is 2.70. The van der Waals surface area contributed by atoms with Crippen molar-refractivity contribution in [1.29, 1.82) is 0 Å². The van der Waals surface area contributed by atoms with Crippen LogP contribution >= 0.6 is 0 Å². The molecule has 1 amide bonds. The summed E-state index contributed by atoms with van der Waals surface area (Å²) in [5.74, 6) is -0.310. The molecule has 0 spiro atoms. The molecular formula is C17H17N3O5S. The minimum absolute atomic E-state index is 0.0530. The van der Waals surface area contributed by atoms with Crippen molar-refractivity contribution < 1.29 is 18.1 Å². The zero-order valence-corrected chi connectivity index (χ0v) is 14.8. The molecule has 0 bridgehead atoms. The zero-order chi connectivity index (χ0) is 18.9. The third-order valence-electron chi connectivity index (χ3n) is 4.15. The van der Waals surface area contributed by atoms with Gasteiger partial charge in [-0.3, -0.25) is 19.2 Å². The average Bonchev–Trinajstić information content (AvgIpc) is 2.94. The Morgan fingerprint density at radius 2 is 2.00 bits per heavy atom. The maximum absolute atomic E-state index is 12.4. The molecule has 1 saturated heterocycles. The van der Waals surface area contributed by atoms with Gasteiger partial charge in [-0.1, -0.05) is 6.07 Å². The predicted molar refractivity (Wildman–Crippen MR) is 98.0 cm³/mol. The number of carbonyl (C=O) groups excluding carboxylic acids is 1. The van der Waals surface area contributed by atoms with Crippen LogP contribution in [0.25, 0.3) is 0 Å². The van der Waals surface area contributed by atoms with Gasteiger partial charge in [-0.2, -0.15) is 0 Å². The summed E-state index contributed by atoms with van der Waals surface area (Å²) in [5.41, 5.74) is 1.57. The zero-order valence-electron chi connectivity index (χ0n) is 14.0. The summed E-state index contributed by atoms with van der Waals surface area (Å²) < 4.78 is 25.4. The van der Waals surface area contributed by atoms with Crippen molar-refractivity contribution in [3.63, 3.8) is 0 Å². The lowest BCUT2D eigenvalue weighted by Crippen LogP contribution is -2.25. The maximum atomic E-state index is 12.4. The normalized spacial score (nSPS) is 15.7. The largest absolute Gasteiger partial charge is 0.322 e. The summed E-state index contributed by atoms with van der Waals surface area (Å²) in [6, 6.07) is 10.7. The number of rotatable bonds is 4. The monoisotopic (exact) mass is 375 g/mol. The molecule has 26 heavy (non-hydrogen) atoms. The first kappa shape index (κ1) is 17.9. The van der Waals surface area contributed by atoms with Crippen molar-refractivity contribution >= 4 is 33.0 Å². The van der Waals surface area contributed by atoms with Crippen molar-refractivity contribution in [3.8, 4) is 0 Å². The van der Waals surface area contributed by atoms with E-state index in [9.17, 15) is 23.3 Å². The third-order valence-corrected chi connectivity index (χ3v) is 6.02. The molecule has 8 nitrogen and oxygen atoms in total. The molecule has 0 saturated carbocycles. The molecule has 0 aromatic heterocycles. The van der Waals surface area contributed by atoms with Crippen LogP contribution in [0.4, 0.5) is 17.1 Å². The number of benzene rings is 2. The van der Waals surface area contributed by atoms with Crippen LogP contribution in [0, 0.1) is 17.0 Å². The second-order valence-electron chi connectivity index (χ2n) is 6.00. The minimum Gasteiger partial charge on any atom is -0.322 e. The van der Waals surface area contributed by atoms with E-state index in [1.807, 2.05) is 0 Å². The van der Waals surface area contributed by atoms with Crippen molar-refractivity contribution in [1.82, 2.24) is 0 Å². The van der Waals surface area contributed by atoms with Gasteiger partial charge in [-0.15, -0.1) is 0 Å². The van der Waals surface area contributed by atoms with Crippen LogP contribution in [0.1, 0.15) is 22.3 Å². The van der Waals surface area contributed by atoms with Gasteiger partial charge >= 0.3 is 0 Å². The van der Waals surface area contributed by atoms with Gasteiger partial charge < -0.3 is 5.32 Å². The fourth-order valence-electron chi connectivity index (χ4n) is 2.87. The molecule has 1 aliphatic heterocycles. The van der Waals surface area contributed by atoms with Gasteiger partial charge in [0, 0.05) is 29.4 Å². The molecular weight excluding hydrogens is 358 g/mol. The van der Waals surface area contributed by atoms with Crippen LogP contribution in [0.15, 0.2) is 42.5 Å². The van der Waals surface area contributed by atoms with Crippen LogP contribution in [-0.4, -0.2) is 31.5 Å². The summed E-state index contributed by atoms with van der Waals surface area (Å²) in [6.07, 6.45) is 0.570. The van der Waals surface area contributed by atoms with E-state index in [-0.39, 0.29) is 17.0 Å². The number of carbonyl (C=O) groups is 1. The lowest BCUT2D eigenvalue weighted by atomic mass is 10.1. The number of aryl methyl sites for hydroxylation is 1. The molecule has 2 aromatic carbocycles. The lowest BCUT2D eigenvalue weighted by molar-refractivity contribution is -0.385. The van der Waals surface area contributed by atoms with Crippen LogP contribution in [0.3, 0.4) is 0 Å². The van der Waals surface area contributed by atoms with Crippen molar-refractivity contribution in [2.75, 3.05) is 21.9 Å². The highest BCUT2D eigenvalue weighted by atomic mass is 32.2. The Morgan fingerprint density at radius 3 is 2.62 bits per heavy atom. The van der Waals surface area contributed by atoms with Crippen LogP contribution < -0.4 is 9.62 Å². The summed E-state index contributed by atoms with van der Waals surface area (Å²) in [4.78, 5) is 22.8. The Hall–Kier alpha value is -2.94. The van der Waals surface area contributed by atoms with Gasteiger partial charge in [-0.25, -0.2) is 8.42 Å². The molecule has 3 rings (SSSR count). The highest BCUT2D eigenvalue weighted by molar-refractivity contribution is 7.93. The molecule has 0 atom stereocenters. The molecule has 1 heterocycles. The highest BCUT2D eigenvalue weighted by Gasteiger charge is 2.28. The molecule has 2 aromatic rings. The van der Waals surface area contributed by atoms with E-state index < -0.39 is 20.9 Å². The maximum Gasteiger partial charge on any atom is 0.272 e. The number of amides is 1.